The zero-order valence-corrected chi connectivity index (χ0v) is 6.16. The average molecular weight is 118 g/mol. The van der Waals surface area contributed by atoms with E-state index in [2.05, 4.69) is 0 Å². The molecule has 0 aromatic rings. The highest BCUT2D eigenvalue weighted by Gasteiger charge is 2.21. The van der Waals surface area contributed by atoms with Crippen molar-refractivity contribution in [3.05, 3.63) is 0 Å². The topological polar surface area (TPSA) is 0 Å². The molecule has 0 aliphatic carbocycles. The first-order chi connectivity index (χ1) is 3.48. The molecule has 0 bridgehead atoms. The number of halogens is 1. The van der Waals surface area contributed by atoms with Crippen molar-refractivity contribution in [3.63, 3.8) is 0 Å². The van der Waals surface area contributed by atoms with Crippen molar-refractivity contribution >= 4 is 0 Å². The Morgan fingerprint density at radius 2 is 1.75 bits per heavy atom. The zero-order chi connectivity index (χ0) is 6.78. The van der Waals surface area contributed by atoms with Gasteiger partial charge in [0.25, 0.3) is 0 Å². The Kier molecular flexibility index (Phi) is 2.45. The van der Waals surface area contributed by atoms with Gasteiger partial charge in [0.15, 0.2) is 0 Å². The van der Waals surface area contributed by atoms with Gasteiger partial charge < -0.3 is 0 Å². The summed E-state index contributed by atoms with van der Waals surface area (Å²) in [6, 6.07) is 0. The van der Waals surface area contributed by atoms with Crippen molar-refractivity contribution in [2.24, 2.45) is 5.41 Å². The molecule has 0 N–H and O–H groups in total. The van der Waals surface area contributed by atoms with Crippen molar-refractivity contribution in [2.45, 2.75) is 40.3 Å². The first-order valence-electron chi connectivity index (χ1n) is 3.12. The molecule has 0 aliphatic rings. The van der Waals surface area contributed by atoms with Gasteiger partial charge in [0.05, 0.1) is 0 Å². The first kappa shape index (κ1) is 7.93. The summed E-state index contributed by atoms with van der Waals surface area (Å²) in [5.74, 6) is 0. The largest absolute Gasteiger partial charge is 0.247 e. The van der Waals surface area contributed by atoms with Gasteiger partial charge >= 0.3 is 0 Å². The monoisotopic (exact) mass is 118 g/mol. The van der Waals surface area contributed by atoms with E-state index in [-0.39, 0.29) is 5.41 Å². The molecule has 0 heterocycles. The van der Waals surface area contributed by atoms with E-state index in [4.69, 9.17) is 0 Å². The molecule has 0 unspecified atom stereocenters. The standard InChI is InChI=1S/C7H15F/c1-5-6(8)7(2,3)4/h6H,5H2,1-4H3/t6-/m0/s1. The van der Waals surface area contributed by atoms with Gasteiger partial charge in [-0.1, -0.05) is 27.7 Å². The van der Waals surface area contributed by atoms with Gasteiger partial charge in [0.1, 0.15) is 6.17 Å². The number of hydrogen-bond donors (Lipinski definition) is 0. The van der Waals surface area contributed by atoms with E-state index in [1.54, 1.807) is 0 Å². The fraction of sp³-hybridized carbons (Fsp3) is 1.00. The van der Waals surface area contributed by atoms with Gasteiger partial charge in [0, 0.05) is 0 Å². The molecule has 0 aromatic heterocycles. The first-order valence-corrected chi connectivity index (χ1v) is 3.12. The highest BCUT2D eigenvalue weighted by atomic mass is 19.1. The molecule has 0 radical (unpaired) electrons. The number of hydrogen-bond acceptors (Lipinski definition) is 0. The van der Waals surface area contributed by atoms with Crippen molar-refractivity contribution in [1.82, 2.24) is 0 Å². The lowest BCUT2D eigenvalue weighted by molar-refractivity contribution is 0.158. The Bertz CT molecular complexity index is 61.3. The number of rotatable bonds is 1. The summed E-state index contributed by atoms with van der Waals surface area (Å²) in [6.45, 7) is 7.62. The molecule has 0 aliphatic heterocycles. The molecule has 1 heteroatoms. The van der Waals surface area contributed by atoms with Crippen molar-refractivity contribution in [3.8, 4) is 0 Å². The summed E-state index contributed by atoms with van der Waals surface area (Å²) in [5.41, 5.74) is -0.158. The second-order valence-electron chi connectivity index (χ2n) is 3.24. The molecular weight excluding hydrogens is 103 g/mol. The van der Waals surface area contributed by atoms with E-state index in [0.717, 1.165) is 0 Å². The van der Waals surface area contributed by atoms with Crippen molar-refractivity contribution in [1.29, 1.82) is 0 Å². The highest BCUT2D eigenvalue weighted by molar-refractivity contribution is 4.70. The third-order valence-electron chi connectivity index (χ3n) is 1.30. The third-order valence-corrected chi connectivity index (χ3v) is 1.30. The second-order valence-corrected chi connectivity index (χ2v) is 3.24. The van der Waals surface area contributed by atoms with Crippen LogP contribution in [0.1, 0.15) is 34.1 Å². The van der Waals surface area contributed by atoms with E-state index in [1.165, 1.54) is 0 Å². The molecule has 0 rings (SSSR count). The van der Waals surface area contributed by atoms with Crippen LogP contribution >= 0.6 is 0 Å². The summed E-state index contributed by atoms with van der Waals surface area (Å²) >= 11 is 0. The van der Waals surface area contributed by atoms with Crippen LogP contribution in [0.4, 0.5) is 4.39 Å². The normalized spacial score (nSPS) is 16.1. The minimum Gasteiger partial charge on any atom is -0.247 e. The van der Waals surface area contributed by atoms with Crippen LogP contribution in [0.2, 0.25) is 0 Å². The van der Waals surface area contributed by atoms with Crippen molar-refractivity contribution in [2.75, 3.05) is 0 Å². The predicted molar refractivity (Wildman–Crippen MR) is 34.6 cm³/mol. The molecule has 0 saturated carbocycles. The van der Waals surface area contributed by atoms with Crippen LogP contribution in [-0.2, 0) is 0 Å². The Hall–Kier alpha value is -0.0700. The summed E-state index contributed by atoms with van der Waals surface area (Å²) in [5, 5.41) is 0. The molecule has 0 aromatic carbocycles. The molecule has 0 spiro atoms. The Labute approximate surface area is 51.1 Å². The van der Waals surface area contributed by atoms with Crippen LogP contribution in [-0.4, -0.2) is 6.17 Å². The van der Waals surface area contributed by atoms with Gasteiger partial charge in [0.2, 0.25) is 0 Å². The SMILES string of the molecule is CC[C@H](F)C(C)(C)C. The smallest absolute Gasteiger partial charge is 0.105 e. The van der Waals surface area contributed by atoms with Gasteiger partial charge in [-0.05, 0) is 11.8 Å². The van der Waals surface area contributed by atoms with Crippen LogP contribution in [0.25, 0.3) is 0 Å². The quantitative estimate of drug-likeness (QED) is 0.496. The van der Waals surface area contributed by atoms with Gasteiger partial charge in [-0.3, -0.25) is 0 Å². The lowest BCUT2D eigenvalue weighted by atomic mass is 9.89. The Balaban J connectivity index is 3.62. The minimum atomic E-state index is -0.650. The molecule has 0 nitrogen and oxygen atoms in total. The molecule has 0 amide bonds. The van der Waals surface area contributed by atoms with Crippen LogP contribution in [0.5, 0.6) is 0 Å². The second kappa shape index (κ2) is 2.47. The summed E-state index contributed by atoms with van der Waals surface area (Å²) in [6.07, 6.45) is -0.0220. The highest BCUT2D eigenvalue weighted by Crippen LogP contribution is 2.23. The molecular formula is C7H15F. The zero-order valence-electron chi connectivity index (χ0n) is 6.16. The van der Waals surface area contributed by atoms with Crippen LogP contribution in [0.15, 0.2) is 0 Å². The minimum absolute atomic E-state index is 0.158. The van der Waals surface area contributed by atoms with Crippen molar-refractivity contribution < 1.29 is 4.39 Å². The summed E-state index contributed by atoms with van der Waals surface area (Å²) in [7, 11) is 0. The van der Waals surface area contributed by atoms with Crippen LogP contribution < -0.4 is 0 Å². The number of alkyl halides is 1. The molecule has 0 fully saturated rings. The third kappa shape index (κ3) is 2.29. The fourth-order valence-corrected chi connectivity index (χ4v) is 0.612. The van der Waals surface area contributed by atoms with Gasteiger partial charge in [-0.2, -0.15) is 0 Å². The molecule has 1 atom stereocenters. The lowest BCUT2D eigenvalue weighted by Gasteiger charge is -2.21. The maximum Gasteiger partial charge on any atom is 0.105 e. The van der Waals surface area contributed by atoms with Gasteiger partial charge in [-0.25, -0.2) is 4.39 Å². The average Bonchev–Trinajstić information content (AvgIpc) is 1.62. The maximum absolute atomic E-state index is 12.6. The van der Waals surface area contributed by atoms with Crippen LogP contribution in [0, 0.1) is 5.41 Å². The Morgan fingerprint density at radius 3 is 1.75 bits per heavy atom. The Morgan fingerprint density at radius 1 is 1.38 bits per heavy atom. The summed E-state index contributed by atoms with van der Waals surface area (Å²) in [4.78, 5) is 0. The lowest BCUT2D eigenvalue weighted by Crippen LogP contribution is -2.20. The van der Waals surface area contributed by atoms with E-state index >= 15 is 0 Å². The van der Waals surface area contributed by atoms with E-state index in [0.29, 0.717) is 6.42 Å². The van der Waals surface area contributed by atoms with Gasteiger partial charge in [-0.15, -0.1) is 0 Å². The summed E-state index contributed by atoms with van der Waals surface area (Å²) < 4.78 is 12.6. The molecule has 8 heavy (non-hydrogen) atoms. The van der Waals surface area contributed by atoms with E-state index in [1.807, 2.05) is 27.7 Å². The van der Waals surface area contributed by atoms with E-state index < -0.39 is 6.17 Å². The predicted octanol–water partition coefficient (Wildman–Crippen LogP) is 2.78. The molecule has 0 saturated heterocycles. The fourth-order valence-electron chi connectivity index (χ4n) is 0.612. The molecule has 50 valence electrons. The maximum atomic E-state index is 12.6. The van der Waals surface area contributed by atoms with Crippen LogP contribution in [0.3, 0.4) is 0 Å². The van der Waals surface area contributed by atoms with E-state index in [9.17, 15) is 4.39 Å².